The van der Waals surface area contributed by atoms with Gasteiger partial charge in [-0.3, -0.25) is 0 Å². The lowest BCUT2D eigenvalue weighted by atomic mass is 10.1. The van der Waals surface area contributed by atoms with Gasteiger partial charge in [-0.2, -0.15) is 0 Å². The molecule has 0 unspecified atom stereocenters. The Morgan fingerprint density at radius 1 is 0.714 bits per heavy atom. The molecule has 0 spiro atoms. The molecule has 0 aliphatic heterocycles. The van der Waals surface area contributed by atoms with E-state index in [4.69, 9.17) is 27.6 Å². The monoisotopic (exact) mass is 444 g/mol. The lowest BCUT2D eigenvalue weighted by Crippen LogP contribution is -1.75. The molecule has 0 N–H and O–H groups in total. The summed E-state index contributed by atoms with van der Waals surface area (Å²) in [5.41, 5.74) is 1.81. The van der Waals surface area contributed by atoms with Gasteiger partial charge in [0.2, 0.25) is 0 Å². The molecule has 0 radical (unpaired) electrons. The van der Waals surface area contributed by atoms with Gasteiger partial charge in [0.15, 0.2) is 0 Å². The van der Waals surface area contributed by atoms with Gasteiger partial charge in [-0.15, -0.1) is 0 Å². The van der Waals surface area contributed by atoms with Gasteiger partial charge in [-0.1, -0.05) is 47.5 Å². The Kier molecular flexibility index (Phi) is 4.46. The number of hydrogen-bond acceptors (Lipinski definition) is 1. The molecule has 0 fully saturated rings. The molecule has 0 aliphatic carbocycles. The Morgan fingerprint density at radius 2 is 1.14 bits per heavy atom. The maximum absolute atomic E-state index is 6.05. The van der Waals surface area contributed by atoms with Crippen LogP contribution in [0.3, 0.4) is 0 Å². The first kappa shape index (κ1) is 15.2. The highest BCUT2D eigenvalue weighted by atomic mass is 79.9. The van der Waals surface area contributed by atoms with Crippen LogP contribution in [-0.4, -0.2) is 0 Å². The Balaban J connectivity index is 2.16. The maximum Gasteiger partial charge on any atom is 0.150 e. The van der Waals surface area contributed by atoms with E-state index in [1.54, 1.807) is 0 Å². The van der Waals surface area contributed by atoms with E-state index in [2.05, 4.69) is 31.9 Å². The molecule has 0 bridgehead atoms. The van der Waals surface area contributed by atoms with Crippen molar-refractivity contribution in [2.24, 2.45) is 0 Å². The van der Waals surface area contributed by atoms with E-state index < -0.39 is 0 Å². The molecular formula is C16H8Br2Cl2O. The summed E-state index contributed by atoms with van der Waals surface area (Å²) in [5.74, 6) is 1.44. The molecule has 0 saturated heterocycles. The zero-order chi connectivity index (χ0) is 15.0. The van der Waals surface area contributed by atoms with E-state index in [1.165, 1.54) is 0 Å². The zero-order valence-electron chi connectivity index (χ0n) is 10.5. The van der Waals surface area contributed by atoms with Crippen molar-refractivity contribution in [3.63, 3.8) is 0 Å². The molecule has 0 saturated carbocycles. The average Bonchev–Trinajstić information content (AvgIpc) is 2.75. The predicted octanol–water partition coefficient (Wildman–Crippen LogP) is 7.45. The van der Waals surface area contributed by atoms with Gasteiger partial charge >= 0.3 is 0 Å². The minimum absolute atomic E-state index is 0.663. The van der Waals surface area contributed by atoms with Crippen molar-refractivity contribution in [2.45, 2.75) is 0 Å². The predicted molar refractivity (Wildman–Crippen MR) is 95.0 cm³/mol. The lowest BCUT2D eigenvalue weighted by Gasteiger charge is -2.00. The second kappa shape index (κ2) is 6.17. The fourth-order valence-electron chi connectivity index (χ4n) is 2.02. The second-order valence-electron chi connectivity index (χ2n) is 4.41. The standard InChI is InChI=1S/C16H8Br2Cl2O/c17-13-14(18)16(10-4-2-6-12(20)8-10)21-15(13)9-3-1-5-11(19)7-9/h1-8H. The topological polar surface area (TPSA) is 13.1 Å². The third-order valence-corrected chi connectivity index (χ3v) is 5.48. The van der Waals surface area contributed by atoms with E-state index in [9.17, 15) is 0 Å². The summed E-state index contributed by atoms with van der Waals surface area (Å²) in [7, 11) is 0. The summed E-state index contributed by atoms with van der Waals surface area (Å²) in [6.45, 7) is 0. The van der Waals surface area contributed by atoms with E-state index in [1.807, 2.05) is 48.5 Å². The van der Waals surface area contributed by atoms with Crippen LogP contribution in [0.5, 0.6) is 0 Å². The molecule has 1 heterocycles. The SMILES string of the molecule is Clc1cccc(-c2oc(-c3cccc(Cl)c3)c(Br)c2Br)c1. The number of hydrogen-bond donors (Lipinski definition) is 0. The molecule has 0 atom stereocenters. The van der Waals surface area contributed by atoms with Crippen molar-refractivity contribution in [2.75, 3.05) is 0 Å². The van der Waals surface area contributed by atoms with Crippen LogP contribution in [0.15, 0.2) is 61.9 Å². The van der Waals surface area contributed by atoms with Gasteiger partial charge in [0.25, 0.3) is 0 Å². The van der Waals surface area contributed by atoms with Crippen molar-refractivity contribution in [3.8, 4) is 22.6 Å². The van der Waals surface area contributed by atoms with Crippen molar-refractivity contribution in [3.05, 3.63) is 67.5 Å². The smallest absolute Gasteiger partial charge is 0.150 e. The van der Waals surface area contributed by atoms with E-state index in [0.29, 0.717) is 10.0 Å². The molecule has 106 valence electrons. The minimum atomic E-state index is 0.663. The maximum atomic E-state index is 6.05. The van der Waals surface area contributed by atoms with Crippen LogP contribution in [-0.2, 0) is 0 Å². The highest BCUT2D eigenvalue weighted by Crippen LogP contribution is 2.44. The van der Waals surface area contributed by atoms with E-state index in [0.717, 1.165) is 31.6 Å². The summed E-state index contributed by atoms with van der Waals surface area (Å²) in [4.78, 5) is 0. The first-order valence-electron chi connectivity index (χ1n) is 6.06. The lowest BCUT2D eigenvalue weighted by molar-refractivity contribution is 0.595. The zero-order valence-corrected chi connectivity index (χ0v) is 15.2. The third-order valence-electron chi connectivity index (χ3n) is 2.97. The fourth-order valence-corrected chi connectivity index (χ4v) is 3.38. The summed E-state index contributed by atoms with van der Waals surface area (Å²) < 4.78 is 7.71. The summed E-state index contributed by atoms with van der Waals surface area (Å²) in [5, 5.41) is 1.33. The summed E-state index contributed by atoms with van der Waals surface area (Å²) in [6.07, 6.45) is 0. The van der Waals surface area contributed by atoms with Gasteiger partial charge in [0, 0.05) is 21.2 Å². The quantitative estimate of drug-likeness (QED) is 0.398. The van der Waals surface area contributed by atoms with Gasteiger partial charge < -0.3 is 4.42 Å². The fraction of sp³-hybridized carbons (Fsp3) is 0. The van der Waals surface area contributed by atoms with Crippen molar-refractivity contribution < 1.29 is 4.42 Å². The molecule has 0 amide bonds. The van der Waals surface area contributed by atoms with Crippen LogP contribution in [0.25, 0.3) is 22.6 Å². The minimum Gasteiger partial charge on any atom is -0.454 e. The van der Waals surface area contributed by atoms with Crippen molar-refractivity contribution >= 4 is 55.1 Å². The van der Waals surface area contributed by atoms with Gasteiger partial charge in [-0.05, 0) is 56.1 Å². The molecule has 21 heavy (non-hydrogen) atoms. The Morgan fingerprint density at radius 3 is 1.52 bits per heavy atom. The van der Waals surface area contributed by atoms with Crippen LogP contribution < -0.4 is 0 Å². The second-order valence-corrected chi connectivity index (χ2v) is 6.87. The van der Waals surface area contributed by atoms with E-state index in [-0.39, 0.29) is 0 Å². The first-order chi connectivity index (χ1) is 10.1. The highest BCUT2D eigenvalue weighted by Gasteiger charge is 2.19. The van der Waals surface area contributed by atoms with Gasteiger partial charge in [0.05, 0.1) is 8.95 Å². The van der Waals surface area contributed by atoms with Crippen LogP contribution in [0, 0.1) is 0 Å². The Bertz CT molecular complexity index is 746. The van der Waals surface area contributed by atoms with Crippen LogP contribution in [0.1, 0.15) is 0 Å². The number of benzene rings is 2. The average molecular weight is 447 g/mol. The normalized spacial score (nSPS) is 10.9. The first-order valence-corrected chi connectivity index (χ1v) is 8.40. The molecule has 2 aromatic carbocycles. The Labute approximate surface area is 149 Å². The number of halogens is 4. The summed E-state index contributed by atoms with van der Waals surface area (Å²) in [6, 6.07) is 15.1. The van der Waals surface area contributed by atoms with Crippen LogP contribution >= 0.6 is 55.1 Å². The van der Waals surface area contributed by atoms with Gasteiger partial charge in [-0.25, -0.2) is 0 Å². The molecule has 0 aliphatic rings. The van der Waals surface area contributed by atoms with Crippen molar-refractivity contribution in [1.82, 2.24) is 0 Å². The third kappa shape index (κ3) is 3.07. The van der Waals surface area contributed by atoms with E-state index >= 15 is 0 Å². The molecule has 3 rings (SSSR count). The number of furan rings is 1. The summed E-state index contributed by atoms with van der Waals surface area (Å²) >= 11 is 19.2. The molecular weight excluding hydrogens is 439 g/mol. The molecule has 1 aromatic heterocycles. The number of rotatable bonds is 2. The largest absolute Gasteiger partial charge is 0.454 e. The van der Waals surface area contributed by atoms with Gasteiger partial charge in [0.1, 0.15) is 11.5 Å². The highest BCUT2D eigenvalue weighted by molar-refractivity contribution is 9.13. The van der Waals surface area contributed by atoms with Crippen LogP contribution in [0.4, 0.5) is 0 Å². The Hall–Kier alpha value is -0.740. The molecule has 1 nitrogen and oxygen atoms in total. The molecule has 3 aromatic rings. The van der Waals surface area contributed by atoms with Crippen LogP contribution in [0.2, 0.25) is 10.0 Å². The molecule has 5 heteroatoms. The van der Waals surface area contributed by atoms with Crippen molar-refractivity contribution in [1.29, 1.82) is 0 Å².